The number of nitrogens with zero attached hydrogens (tertiary/aromatic N) is 1. The van der Waals surface area contributed by atoms with Crippen LogP contribution in [0.25, 0.3) is 10.9 Å². The molecule has 1 saturated heterocycles. The summed E-state index contributed by atoms with van der Waals surface area (Å²) in [6.45, 7) is 1.72. The molecular weight excluding hydrogens is 440 g/mol. The van der Waals surface area contributed by atoms with E-state index in [1.807, 2.05) is 47.4 Å². The van der Waals surface area contributed by atoms with Gasteiger partial charge in [-0.1, -0.05) is 30.2 Å². The van der Waals surface area contributed by atoms with Crippen LogP contribution in [-0.4, -0.2) is 35.7 Å². The first-order valence-corrected chi connectivity index (χ1v) is 11.9. The second kappa shape index (κ2) is 8.34. The molecule has 170 valence electrons. The number of fused-ring (bicyclic) bond motifs is 3. The number of epoxide rings is 1. The summed E-state index contributed by atoms with van der Waals surface area (Å²) in [6, 6.07) is 13.5. The highest BCUT2D eigenvalue weighted by Crippen LogP contribution is 2.40. The van der Waals surface area contributed by atoms with Crippen molar-refractivity contribution in [1.82, 2.24) is 9.88 Å². The molecule has 0 radical (unpaired) electrons. The summed E-state index contributed by atoms with van der Waals surface area (Å²) in [7, 11) is 0. The van der Waals surface area contributed by atoms with Gasteiger partial charge in [-0.05, 0) is 66.6 Å². The SMILES string of the molecule is O=C(OCC1CCC1)N1CCc2c([nH]c3ccc(Cl)cc23)[C@@H]1c1ccc(O/C=C2/CO2)cc1. The molecule has 0 bridgehead atoms. The number of amides is 1. The lowest BCUT2D eigenvalue weighted by Crippen LogP contribution is -2.41. The monoisotopic (exact) mass is 464 g/mol. The van der Waals surface area contributed by atoms with Crippen LogP contribution in [0.15, 0.2) is 54.5 Å². The summed E-state index contributed by atoms with van der Waals surface area (Å²) < 4.78 is 16.5. The first-order valence-electron chi connectivity index (χ1n) is 11.5. The van der Waals surface area contributed by atoms with Crippen molar-refractivity contribution in [3.05, 3.63) is 76.3 Å². The van der Waals surface area contributed by atoms with Gasteiger partial charge in [0.1, 0.15) is 24.7 Å². The molecule has 1 amide bonds. The topological polar surface area (TPSA) is 67.1 Å². The van der Waals surface area contributed by atoms with E-state index in [-0.39, 0.29) is 12.1 Å². The number of ether oxygens (including phenoxy) is 3. The van der Waals surface area contributed by atoms with Gasteiger partial charge in [-0.2, -0.15) is 0 Å². The minimum absolute atomic E-state index is 0.259. The Labute approximate surface area is 197 Å². The van der Waals surface area contributed by atoms with E-state index in [1.54, 1.807) is 6.26 Å². The molecule has 0 unspecified atom stereocenters. The minimum Gasteiger partial charge on any atom is -0.483 e. The van der Waals surface area contributed by atoms with Crippen molar-refractivity contribution in [2.24, 2.45) is 5.92 Å². The number of benzene rings is 2. The molecular formula is C26H25ClN2O4. The zero-order chi connectivity index (χ0) is 22.4. The molecule has 0 spiro atoms. The fourth-order valence-corrected chi connectivity index (χ4v) is 4.88. The van der Waals surface area contributed by atoms with Crippen LogP contribution in [0.1, 0.15) is 42.1 Å². The Balaban J connectivity index is 1.34. The van der Waals surface area contributed by atoms with Crippen LogP contribution in [0.4, 0.5) is 4.79 Å². The van der Waals surface area contributed by atoms with E-state index >= 15 is 0 Å². The molecule has 3 aliphatic rings. The molecule has 2 aromatic carbocycles. The molecule has 7 heteroatoms. The van der Waals surface area contributed by atoms with Crippen molar-refractivity contribution in [2.45, 2.75) is 31.7 Å². The van der Waals surface area contributed by atoms with Gasteiger partial charge >= 0.3 is 6.09 Å². The second-order valence-electron chi connectivity index (χ2n) is 8.99. The molecule has 1 N–H and O–H groups in total. The number of aromatic nitrogens is 1. The van der Waals surface area contributed by atoms with Crippen LogP contribution in [0.3, 0.4) is 0 Å². The van der Waals surface area contributed by atoms with Crippen molar-refractivity contribution in [3.63, 3.8) is 0 Å². The van der Waals surface area contributed by atoms with Gasteiger partial charge in [-0.3, -0.25) is 4.90 Å². The van der Waals surface area contributed by atoms with Crippen molar-refractivity contribution >= 4 is 28.6 Å². The fraction of sp³-hybridized carbons (Fsp3) is 0.346. The third-order valence-corrected chi connectivity index (χ3v) is 7.06. The van der Waals surface area contributed by atoms with Crippen LogP contribution >= 0.6 is 11.6 Å². The lowest BCUT2D eigenvalue weighted by molar-refractivity contribution is 0.0620. The van der Waals surface area contributed by atoms with Gasteiger partial charge in [0.05, 0.1) is 6.61 Å². The molecule has 2 aliphatic heterocycles. The predicted molar refractivity (Wildman–Crippen MR) is 125 cm³/mol. The summed E-state index contributed by atoms with van der Waals surface area (Å²) >= 11 is 6.29. The normalized spacial score (nSPS) is 20.8. The number of carbonyl (C=O) groups is 1. The average Bonchev–Trinajstić information content (AvgIpc) is 3.56. The van der Waals surface area contributed by atoms with E-state index in [9.17, 15) is 4.79 Å². The number of hydrogen-bond acceptors (Lipinski definition) is 4. The van der Waals surface area contributed by atoms with Gasteiger partial charge in [0.25, 0.3) is 0 Å². The van der Waals surface area contributed by atoms with Gasteiger partial charge in [0, 0.05) is 28.2 Å². The van der Waals surface area contributed by atoms with E-state index < -0.39 is 0 Å². The molecule has 1 atom stereocenters. The number of hydrogen-bond donors (Lipinski definition) is 1. The van der Waals surface area contributed by atoms with E-state index in [4.69, 9.17) is 25.8 Å². The third-order valence-electron chi connectivity index (χ3n) is 6.82. The molecule has 6 rings (SSSR count). The van der Waals surface area contributed by atoms with Gasteiger partial charge < -0.3 is 19.2 Å². The van der Waals surface area contributed by atoms with Crippen LogP contribution in [0.5, 0.6) is 5.75 Å². The molecule has 33 heavy (non-hydrogen) atoms. The van der Waals surface area contributed by atoms with Crippen molar-refractivity contribution < 1.29 is 19.0 Å². The van der Waals surface area contributed by atoms with Crippen LogP contribution in [-0.2, 0) is 15.9 Å². The number of aromatic amines is 1. The standard InChI is InChI=1S/C26H25ClN2O4/c27-18-6-9-23-22(12-18)21-10-11-29(26(30)33-13-16-2-1-3-16)25(24(21)28-23)17-4-7-19(8-5-17)31-14-20-15-32-20/h4-9,12,14,16,25,28H,1-3,10-11,13,15H2/b20-14-/t25-/m0/s1. The lowest BCUT2D eigenvalue weighted by Gasteiger charge is -2.36. The Morgan fingerprint density at radius 3 is 2.76 bits per heavy atom. The molecule has 6 nitrogen and oxygen atoms in total. The molecule has 3 heterocycles. The zero-order valence-electron chi connectivity index (χ0n) is 18.2. The molecule has 2 fully saturated rings. The highest BCUT2D eigenvalue weighted by molar-refractivity contribution is 6.31. The maximum absolute atomic E-state index is 13.2. The number of nitrogens with one attached hydrogen (secondary N) is 1. The van der Waals surface area contributed by atoms with Crippen molar-refractivity contribution in [3.8, 4) is 5.75 Å². The largest absolute Gasteiger partial charge is 0.483 e. The Hall–Kier alpha value is -3.12. The predicted octanol–water partition coefficient (Wildman–Crippen LogP) is 5.96. The van der Waals surface area contributed by atoms with Crippen LogP contribution < -0.4 is 4.74 Å². The highest BCUT2D eigenvalue weighted by Gasteiger charge is 2.36. The molecule has 1 aliphatic carbocycles. The van der Waals surface area contributed by atoms with Gasteiger partial charge in [-0.25, -0.2) is 4.79 Å². The smallest absolute Gasteiger partial charge is 0.410 e. The lowest BCUT2D eigenvalue weighted by atomic mass is 9.86. The van der Waals surface area contributed by atoms with Gasteiger partial charge in [0.2, 0.25) is 0 Å². The van der Waals surface area contributed by atoms with Crippen molar-refractivity contribution in [2.75, 3.05) is 19.8 Å². The van der Waals surface area contributed by atoms with Crippen molar-refractivity contribution in [1.29, 1.82) is 0 Å². The Morgan fingerprint density at radius 1 is 1.21 bits per heavy atom. The summed E-state index contributed by atoms with van der Waals surface area (Å²) in [6.07, 6.45) is 5.63. The summed E-state index contributed by atoms with van der Waals surface area (Å²) in [5.41, 5.74) is 4.24. The average molecular weight is 465 g/mol. The Kier molecular flexibility index (Phi) is 5.18. The number of rotatable bonds is 5. The second-order valence-corrected chi connectivity index (χ2v) is 9.42. The highest BCUT2D eigenvalue weighted by atomic mass is 35.5. The maximum Gasteiger partial charge on any atom is 0.410 e. The van der Waals surface area contributed by atoms with E-state index in [0.717, 1.165) is 52.9 Å². The maximum atomic E-state index is 13.2. The summed E-state index contributed by atoms with van der Waals surface area (Å²) in [5.74, 6) is 2.07. The number of carbonyl (C=O) groups excluding carboxylic acids is 1. The number of halogens is 1. The van der Waals surface area contributed by atoms with Gasteiger partial charge in [-0.15, -0.1) is 0 Å². The summed E-state index contributed by atoms with van der Waals surface area (Å²) in [4.78, 5) is 18.6. The van der Waals surface area contributed by atoms with E-state index in [2.05, 4.69) is 4.98 Å². The Bertz CT molecular complexity index is 1220. The Morgan fingerprint density at radius 2 is 2.03 bits per heavy atom. The first-order chi connectivity index (χ1) is 16.2. The molecule has 1 saturated carbocycles. The van der Waals surface area contributed by atoms with E-state index in [1.165, 1.54) is 12.0 Å². The summed E-state index contributed by atoms with van der Waals surface area (Å²) in [5, 5.41) is 1.82. The quantitative estimate of drug-likeness (QED) is 0.374. The van der Waals surface area contributed by atoms with Crippen LogP contribution in [0.2, 0.25) is 5.02 Å². The minimum atomic E-state index is -0.270. The third kappa shape index (κ3) is 4.04. The van der Waals surface area contributed by atoms with Crippen LogP contribution in [0, 0.1) is 5.92 Å². The fourth-order valence-electron chi connectivity index (χ4n) is 4.71. The molecule has 3 aromatic rings. The van der Waals surface area contributed by atoms with Gasteiger partial charge in [0.15, 0.2) is 5.76 Å². The number of H-pyrrole nitrogens is 1. The van der Waals surface area contributed by atoms with E-state index in [0.29, 0.717) is 30.7 Å². The molecule has 1 aromatic heterocycles. The zero-order valence-corrected chi connectivity index (χ0v) is 18.9. The first kappa shape index (κ1) is 20.5.